The molecule has 7 nitrogen and oxygen atoms in total. The van der Waals surface area contributed by atoms with E-state index in [0.29, 0.717) is 17.9 Å². The second-order valence-corrected chi connectivity index (χ2v) is 6.68. The van der Waals surface area contributed by atoms with Crippen molar-refractivity contribution >= 4 is 17.9 Å². The summed E-state index contributed by atoms with van der Waals surface area (Å²) in [6, 6.07) is 5.35. The van der Waals surface area contributed by atoms with Crippen LogP contribution in [0.15, 0.2) is 36.4 Å². The summed E-state index contributed by atoms with van der Waals surface area (Å²) < 4.78 is 10.6. The van der Waals surface area contributed by atoms with Crippen molar-refractivity contribution in [3.05, 3.63) is 42.0 Å². The number of carbonyl (C=O) groups is 3. The van der Waals surface area contributed by atoms with Crippen LogP contribution in [0.1, 0.15) is 39.7 Å². The number of hydrogen-bond acceptors (Lipinski definition) is 5. The molecule has 7 heteroatoms. The molecule has 0 spiro atoms. The highest BCUT2D eigenvalue weighted by molar-refractivity contribution is 6.09. The van der Waals surface area contributed by atoms with E-state index in [1.54, 1.807) is 45.0 Å². The number of rotatable bonds is 8. The number of esters is 1. The molecule has 27 heavy (non-hydrogen) atoms. The molecule has 1 saturated heterocycles. The van der Waals surface area contributed by atoms with Crippen molar-refractivity contribution in [2.45, 2.75) is 45.7 Å². The minimum absolute atomic E-state index is 0.182. The molecule has 2 rings (SSSR count). The first kappa shape index (κ1) is 20.5. The minimum Gasteiger partial charge on any atom is -0.489 e. The fourth-order valence-electron chi connectivity index (χ4n) is 2.92. The summed E-state index contributed by atoms with van der Waals surface area (Å²) >= 11 is 0. The molecule has 1 aliphatic heterocycles. The van der Waals surface area contributed by atoms with Crippen molar-refractivity contribution in [2.24, 2.45) is 0 Å². The first-order chi connectivity index (χ1) is 12.7. The number of nitrogens with zero attached hydrogens (tertiary/aromatic N) is 1. The van der Waals surface area contributed by atoms with Gasteiger partial charge >= 0.3 is 12.0 Å². The summed E-state index contributed by atoms with van der Waals surface area (Å²) in [5, 5.41) is 2.70. The summed E-state index contributed by atoms with van der Waals surface area (Å²) in [6.45, 7) is 11.3. The van der Waals surface area contributed by atoms with E-state index < -0.39 is 29.5 Å². The molecule has 0 saturated carbocycles. The van der Waals surface area contributed by atoms with Gasteiger partial charge in [-0.05, 0) is 50.5 Å². The lowest BCUT2D eigenvalue weighted by molar-refractivity contribution is -0.152. The molecule has 3 amide bonds. The van der Waals surface area contributed by atoms with E-state index in [0.717, 1.165) is 10.5 Å². The Morgan fingerprint density at radius 2 is 1.89 bits per heavy atom. The maximum absolute atomic E-state index is 13.0. The number of carbonyl (C=O) groups excluding carboxylic acids is 3. The van der Waals surface area contributed by atoms with Gasteiger partial charge < -0.3 is 14.8 Å². The fraction of sp³-hybridized carbons (Fsp3) is 0.450. The summed E-state index contributed by atoms with van der Waals surface area (Å²) in [5.74, 6) is -0.434. The monoisotopic (exact) mass is 374 g/mol. The van der Waals surface area contributed by atoms with E-state index in [4.69, 9.17) is 9.47 Å². The number of ether oxygens (including phenoxy) is 2. The third-order valence-corrected chi connectivity index (χ3v) is 4.40. The number of nitrogens with one attached hydrogen (secondary N) is 1. The molecule has 1 N–H and O–H groups in total. The first-order valence-corrected chi connectivity index (χ1v) is 8.94. The lowest BCUT2D eigenvalue weighted by Crippen LogP contribution is -2.47. The number of amides is 3. The smallest absolute Gasteiger partial charge is 0.329 e. The summed E-state index contributed by atoms with van der Waals surface area (Å²) in [5.41, 5.74) is 0.235. The van der Waals surface area contributed by atoms with Crippen LogP contribution in [-0.2, 0) is 19.9 Å². The Hall–Kier alpha value is -2.83. The lowest BCUT2D eigenvalue weighted by Gasteiger charge is -2.25. The molecule has 0 bridgehead atoms. The standard InChI is InChI=1S/C20H26N2O5/c1-6-16(17(23)26-7-2)22-18(24)20(5,21-19(22)25)14-8-10-15(11-9-14)27-12-13(3)4/h8-11,16H,3,6-7,12H2,1-2,4-5H3,(H,21,25). The van der Waals surface area contributed by atoms with E-state index in [9.17, 15) is 14.4 Å². The average molecular weight is 374 g/mol. The molecule has 0 aromatic heterocycles. The largest absolute Gasteiger partial charge is 0.489 e. The van der Waals surface area contributed by atoms with E-state index >= 15 is 0 Å². The molecule has 1 aliphatic rings. The van der Waals surface area contributed by atoms with Gasteiger partial charge in [0.15, 0.2) is 0 Å². The molecule has 1 aromatic rings. The Bertz CT molecular complexity index is 743. The number of urea groups is 1. The maximum Gasteiger partial charge on any atom is 0.329 e. The summed E-state index contributed by atoms with van der Waals surface area (Å²) in [4.78, 5) is 38.6. The predicted octanol–water partition coefficient (Wildman–Crippen LogP) is 2.75. The predicted molar refractivity (Wildman–Crippen MR) is 100 cm³/mol. The van der Waals surface area contributed by atoms with Crippen LogP contribution in [0.5, 0.6) is 5.75 Å². The topological polar surface area (TPSA) is 84.9 Å². The second-order valence-electron chi connectivity index (χ2n) is 6.68. The normalized spacial score (nSPS) is 20.2. The number of hydrogen-bond donors (Lipinski definition) is 1. The van der Waals surface area contributed by atoms with Crippen LogP contribution in [0.3, 0.4) is 0 Å². The fourth-order valence-corrected chi connectivity index (χ4v) is 2.92. The minimum atomic E-state index is -1.26. The van der Waals surface area contributed by atoms with E-state index in [1.165, 1.54) is 0 Å². The first-order valence-electron chi connectivity index (χ1n) is 8.94. The van der Waals surface area contributed by atoms with Crippen LogP contribution in [-0.4, -0.2) is 42.1 Å². The molecule has 0 radical (unpaired) electrons. The van der Waals surface area contributed by atoms with E-state index in [2.05, 4.69) is 11.9 Å². The quantitative estimate of drug-likeness (QED) is 0.430. The zero-order chi connectivity index (χ0) is 20.2. The molecule has 1 aromatic carbocycles. The highest BCUT2D eigenvalue weighted by Gasteiger charge is 2.52. The SMILES string of the molecule is C=C(C)COc1ccc(C2(C)NC(=O)N(C(CC)C(=O)OCC)C2=O)cc1. The maximum atomic E-state index is 13.0. The molecule has 1 fully saturated rings. The van der Waals surface area contributed by atoms with Crippen molar-refractivity contribution in [1.29, 1.82) is 0 Å². The number of imide groups is 1. The van der Waals surface area contributed by atoms with Crippen LogP contribution in [0.25, 0.3) is 0 Å². The van der Waals surface area contributed by atoms with E-state index in [-0.39, 0.29) is 13.0 Å². The van der Waals surface area contributed by atoms with Crippen LogP contribution in [0.4, 0.5) is 4.79 Å². The van der Waals surface area contributed by atoms with E-state index in [1.807, 2.05) is 6.92 Å². The lowest BCUT2D eigenvalue weighted by atomic mass is 9.91. The Morgan fingerprint density at radius 1 is 1.26 bits per heavy atom. The third-order valence-electron chi connectivity index (χ3n) is 4.40. The van der Waals surface area contributed by atoms with Crippen LogP contribution in [0, 0.1) is 0 Å². The third kappa shape index (κ3) is 4.13. The van der Waals surface area contributed by atoms with Crippen molar-refractivity contribution in [3.8, 4) is 5.75 Å². The summed E-state index contributed by atoms with van der Waals surface area (Å²) in [6.07, 6.45) is 0.280. The van der Waals surface area contributed by atoms with Crippen molar-refractivity contribution in [1.82, 2.24) is 10.2 Å². The Kier molecular flexibility index (Phi) is 6.25. The highest BCUT2D eigenvalue weighted by Crippen LogP contribution is 2.32. The van der Waals surface area contributed by atoms with Gasteiger partial charge in [-0.25, -0.2) is 14.5 Å². The van der Waals surface area contributed by atoms with Gasteiger partial charge in [-0.1, -0.05) is 25.6 Å². The van der Waals surface area contributed by atoms with Crippen LogP contribution < -0.4 is 10.1 Å². The summed E-state index contributed by atoms with van der Waals surface area (Å²) in [7, 11) is 0. The Balaban J connectivity index is 2.25. The van der Waals surface area contributed by atoms with Gasteiger partial charge in [0.1, 0.15) is 23.9 Å². The Labute approximate surface area is 159 Å². The second kappa shape index (κ2) is 8.24. The van der Waals surface area contributed by atoms with Gasteiger partial charge in [0, 0.05) is 0 Å². The van der Waals surface area contributed by atoms with Gasteiger partial charge in [0.25, 0.3) is 5.91 Å². The van der Waals surface area contributed by atoms with Crippen LogP contribution in [0.2, 0.25) is 0 Å². The van der Waals surface area contributed by atoms with Crippen molar-refractivity contribution in [3.63, 3.8) is 0 Å². The van der Waals surface area contributed by atoms with Gasteiger partial charge in [-0.15, -0.1) is 0 Å². The van der Waals surface area contributed by atoms with Gasteiger partial charge in [-0.3, -0.25) is 4.79 Å². The molecule has 1 heterocycles. The van der Waals surface area contributed by atoms with Crippen molar-refractivity contribution in [2.75, 3.05) is 13.2 Å². The highest BCUT2D eigenvalue weighted by atomic mass is 16.5. The average Bonchev–Trinajstić information content (AvgIpc) is 2.85. The van der Waals surface area contributed by atoms with Crippen molar-refractivity contribution < 1.29 is 23.9 Å². The molecular formula is C20H26N2O5. The number of benzene rings is 1. The molecule has 2 atom stereocenters. The molecular weight excluding hydrogens is 348 g/mol. The molecule has 146 valence electrons. The molecule has 2 unspecified atom stereocenters. The Morgan fingerprint density at radius 3 is 2.41 bits per heavy atom. The zero-order valence-electron chi connectivity index (χ0n) is 16.2. The van der Waals surface area contributed by atoms with Crippen LogP contribution >= 0.6 is 0 Å². The van der Waals surface area contributed by atoms with Gasteiger partial charge in [0.05, 0.1) is 6.61 Å². The van der Waals surface area contributed by atoms with Gasteiger partial charge in [0.2, 0.25) is 0 Å². The van der Waals surface area contributed by atoms with Gasteiger partial charge in [-0.2, -0.15) is 0 Å². The zero-order valence-corrected chi connectivity index (χ0v) is 16.2. The molecule has 0 aliphatic carbocycles.